The smallest absolute Gasteiger partial charge is 0.251 e. The van der Waals surface area contributed by atoms with Crippen LogP contribution < -0.4 is 5.32 Å². The van der Waals surface area contributed by atoms with E-state index in [1.165, 1.54) is 11.1 Å². The third kappa shape index (κ3) is 3.12. The second-order valence-corrected chi connectivity index (χ2v) is 8.64. The summed E-state index contributed by atoms with van der Waals surface area (Å²) in [6.07, 6.45) is 6.32. The predicted octanol–water partition coefficient (Wildman–Crippen LogP) is 2.80. The minimum Gasteiger partial charge on any atom is -0.370 e. The summed E-state index contributed by atoms with van der Waals surface area (Å²) in [6.45, 7) is 5.68. The molecule has 0 unspecified atom stereocenters. The Bertz CT molecular complexity index is 854. The first-order valence-electron chi connectivity index (χ1n) is 10.3. The molecule has 1 aromatic heterocycles. The van der Waals surface area contributed by atoms with Crippen molar-refractivity contribution in [2.24, 2.45) is 11.8 Å². The van der Waals surface area contributed by atoms with Crippen LogP contribution in [0.5, 0.6) is 0 Å². The third-order valence-corrected chi connectivity index (χ3v) is 6.80. The van der Waals surface area contributed by atoms with Crippen molar-refractivity contribution >= 4 is 5.91 Å². The molecule has 5 rings (SSSR count). The lowest BCUT2D eigenvalue weighted by molar-refractivity contribution is 0.00211. The lowest BCUT2D eigenvalue weighted by atomic mass is 9.73. The molecule has 1 amide bonds. The van der Waals surface area contributed by atoms with Crippen molar-refractivity contribution in [2.45, 2.75) is 38.0 Å². The van der Waals surface area contributed by atoms with Gasteiger partial charge in [-0.3, -0.25) is 14.7 Å². The van der Waals surface area contributed by atoms with Gasteiger partial charge in [0.15, 0.2) is 0 Å². The number of pyridine rings is 1. The molecule has 5 nitrogen and oxygen atoms in total. The zero-order valence-electron chi connectivity index (χ0n) is 16.3. The summed E-state index contributed by atoms with van der Waals surface area (Å²) in [7, 11) is 0. The maximum absolute atomic E-state index is 12.5. The fourth-order valence-corrected chi connectivity index (χ4v) is 5.45. The standard InChI is InChI=1S/C23H27N3O2/c1-16-4-6-18(7-5-16)22(27)25-12-19-20-14-26(13-17-3-2-10-24-11-17)15-23(20)9-8-21(19)28-23/h2-7,10-11,19-21H,8-9,12-15H2,1H3,(H,25,27)/t19-,20+,21+,23+/m0/s1. The van der Waals surface area contributed by atoms with Crippen LogP contribution in [-0.4, -0.2) is 47.1 Å². The first kappa shape index (κ1) is 17.8. The highest BCUT2D eigenvalue weighted by atomic mass is 16.5. The molecule has 1 aromatic carbocycles. The fraction of sp³-hybridized carbons (Fsp3) is 0.478. The zero-order valence-corrected chi connectivity index (χ0v) is 16.3. The number of amides is 1. The Morgan fingerprint density at radius 1 is 1.32 bits per heavy atom. The maximum atomic E-state index is 12.5. The van der Waals surface area contributed by atoms with Crippen molar-refractivity contribution in [1.82, 2.24) is 15.2 Å². The van der Waals surface area contributed by atoms with Crippen LogP contribution in [-0.2, 0) is 11.3 Å². The SMILES string of the molecule is Cc1ccc(C(=O)NC[C@H]2[C@H]3CN(Cc4cccnc4)C[C@]34CC[C@H]2O4)cc1. The molecule has 0 radical (unpaired) electrons. The Morgan fingerprint density at radius 3 is 2.96 bits per heavy atom. The van der Waals surface area contributed by atoms with Crippen LogP contribution >= 0.6 is 0 Å². The average molecular weight is 377 g/mol. The highest BCUT2D eigenvalue weighted by Crippen LogP contribution is 2.54. The zero-order chi connectivity index (χ0) is 19.1. The molecule has 0 saturated carbocycles. The van der Waals surface area contributed by atoms with Crippen LogP contribution in [0.4, 0.5) is 0 Å². The van der Waals surface area contributed by atoms with Gasteiger partial charge < -0.3 is 10.1 Å². The monoisotopic (exact) mass is 377 g/mol. The van der Waals surface area contributed by atoms with Gasteiger partial charge in [0.05, 0.1) is 11.7 Å². The first-order chi connectivity index (χ1) is 13.6. The van der Waals surface area contributed by atoms with Crippen molar-refractivity contribution < 1.29 is 9.53 Å². The quantitative estimate of drug-likeness (QED) is 0.871. The van der Waals surface area contributed by atoms with Crippen LogP contribution in [0.3, 0.4) is 0 Å². The number of rotatable bonds is 5. The lowest BCUT2D eigenvalue weighted by Gasteiger charge is -2.29. The lowest BCUT2D eigenvalue weighted by Crippen LogP contribution is -2.41. The van der Waals surface area contributed by atoms with E-state index >= 15 is 0 Å². The number of nitrogens with one attached hydrogen (secondary N) is 1. The van der Waals surface area contributed by atoms with E-state index in [0.29, 0.717) is 24.5 Å². The molecular weight excluding hydrogens is 350 g/mol. The number of likely N-dealkylation sites (tertiary alicyclic amines) is 1. The van der Waals surface area contributed by atoms with Crippen LogP contribution in [0.2, 0.25) is 0 Å². The van der Waals surface area contributed by atoms with E-state index in [1.54, 1.807) is 0 Å². The minimum absolute atomic E-state index is 0.00781. The van der Waals surface area contributed by atoms with Gasteiger partial charge in [0.1, 0.15) is 0 Å². The van der Waals surface area contributed by atoms with Crippen molar-refractivity contribution in [3.8, 4) is 0 Å². The Hall–Kier alpha value is -2.24. The largest absolute Gasteiger partial charge is 0.370 e. The van der Waals surface area contributed by atoms with E-state index < -0.39 is 0 Å². The third-order valence-electron chi connectivity index (χ3n) is 6.80. The Morgan fingerprint density at radius 2 is 2.18 bits per heavy atom. The number of carbonyl (C=O) groups excluding carboxylic acids is 1. The molecule has 5 heteroatoms. The Kier molecular flexibility index (Phi) is 4.44. The minimum atomic E-state index is -0.00781. The number of aryl methyl sites for hydroxylation is 1. The second kappa shape index (κ2) is 6.98. The summed E-state index contributed by atoms with van der Waals surface area (Å²) in [5.41, 5.74) is 3.14. The van der Waals surface area contributed by atoms with E-state index in [1.807, 2.05) is 49.6 Å². The van der Waals surface area contributed by atoms with Crippen molar-refractivity contribution in [2.75, 3.05) is 19.6 Å². The predicted molar refractivity (Wildman–Crippen MR) is 107 cm³/mol. The number of nitrogens with zero attached hydrogens (tertiary/aromatic N) is 2. The number of hydrogen-bond acceptors (Lipinski definition) is 4. The van der Waals surface area contributed by atoms with E-state index in [2.05, 4.69) is 21.3 Å². The van der Waals surface area contributed by atoms with Gasteiger partial charge in [-0.05, 0) is 43.5 Å². The average Bonchev–Trinajstić information content (AvgIpc) is 3.35. The number of carbonyl (C=O) groups is 1. The molecule has 2 aromatic rings. The van der Waals surface area contributed by atoms with Crippen LogP contribution in [0.1, 0.15) is 34.3 Å². The van der Waals surface area contributed by atoms with Gasteiger partial charge in [0.2, 0.25) is 0 Å². The number of hydrogen-bond donors (Lipinski definition) is 1. The van der Waals surface area contributed by atoms with Crippen molar-refractivity contribution in [3.63, 3.8) is 0 Å². The molecule has 4 atom stereocenters. The first-order valence-corrected chi connectivity index (χ1v) is 10.3. The molecule has 3 saturated heterocycles. The summed E-state index contributed by atoms with van der Waals surface area (Å²) in [5.74, 6) is 0.922. The molecule has 2 bridgehead atoms. The Balaban J connectivity index is 1.24. The molecule has 3 aliphatic rings. The van der Waals surface area contributed by atoms with Gasteiger partial charge in [-0.25, -0.2) is 0 Å². The normalized spacial score (nSPS) is 31.1. The molecule has 0 aliphatic carbocycles. The summed E-state index contributed by atoms with van der Waals surface area (Å²) in [6, 6.07) is 11.9. The number of ether oxygens (including phenoxy) is 1. The van der Waals surface area contributed by atoms with Crippen molar-refractivity contribution in [1.29, 1.82) is 0 Å². The molecule has 4 heterocycles. The van der Waals surface area contributed by atoms with Gasteiger partial charge in [-0.1, -0.05) is 23.8 Å². The second-order valence-electron chi connectivity index (χ2n) is 8.64. The number of benzene rings is 1. The molecule has 3 fully saturated rings. The van der Waals surface area contributed by atoms with Gasteiger partial charge in [0, 0.05) is 56.0 Å². The van der Waals surface area contributed by atoms with Gasteiger partial charge >= 0.3 is 0 Å². The topological polar surface area (TPSA) is 54.5 Å². The van der Waals surface area contributed by atoms with Crippen LogP contribution in [0, 0.1) is 18.8 Å². The fourth-order valence-electron chi connectivity index (χ4n) is 5.45. The van der Waals surface area contributed by atoms with Gasteiger partial charge in [0.25, 0.3) is 5.91 Å². The summed E-state index contributed by atoms with van der Waals surface area (Å²) >= 11 is 0. The number of fused-ring (bicyclic) bond motifs is 1. The number of aromatic nitrogens is 1. The van der Waals surface area contributed by atoms with Crippen LogP contribution in [0.25, 0.3) is 0 Å². The molecule has 1 spiro atoms. The van der Waals surface area contributed by atoms with Gasteiger partial charge in [-0.15, -0.1) is 0 Å². The van der Waals surface area contributed by atoms with E-state index in [-0.39, 0.29) is 11.5 Å². The summed E-state index contributed by atoms with van der Waals surface area (Å²) in [4.78, 5) is 19.3. The molecular formula is C23H27N3O2. The van der Waals surface area contributed by atoms with E-state index in [9.17, 15) is 4.79 Å². The molecule has 28 heavy (non-hydrogen) atoms. The van der Waals surface area contributed by atoms with E-state index in [0.717, 1.165) is 38.0 Å². The van der Waals surface area contributed by atoms with Crippen LogP contribution in [0.15, 0.2) is 48.8 Å². The molecule has 1 N–H and O–H groups in total. The highest BCUT2D eigenvalue weighted by Gasteiger charge is 2.62. The maximum Gasteiger partial charge on any atom is 0.251 e. The summed E-state index contributed by atoms with van der Waals surface area (Å²) < 4.78 is 6.51. The Labute approximate surface area is 166 Å². The molecule has 3 aliphatic heterocycles. The molecule has 146 valence electrons. The highest BCUT2D eigenvalue weighted by molar-refractivity contribution is 5.94. The van der Waals surface area contributed by atoms with E-state index in [4.69, 9.17) is 4.74 Å². The van der Waals surface area contributed by atoms with Gasteiger partial charge in [-0.2, -0.15) is 0 Å². The summed E-state index contributed by atoms with van der Waals surface area (Å²) in [5, 5.41) is 3.17. The van der Waals surface area contributed by atoms with Crippen molar-refractivity contribution in [3.05, 3.63) is 65.5 Å².